The van der Waals surface area contributed by atoms with Crippen LogP contribution in [-0.4, -0.2) is 31.3 Å². The molecule has 0 saturated carbocycles. The van der Waals surface area contributed by atoms with Gasteiger partial charge in [0.1, 0.15) is 0 Å². The van der Waals surface area contributed by atoms with Crippen LogP contribution in [0, 0.1) is 0 Å². The monoisotopic (exact) mass is 312 g/mol. The van der Waals surface area contributed by atoms with Crippen molar-refractivity contribution < 1.29 is 27.9 Å². The van der Waals surface area contributed by atoms with Crippen LogP contribution >= 0.6 is 0 Å². The van der Waals surface area contributed by atoms with E-state index in [1.807, 2.05) is 0 Å². The Hall–Kier alpha value is -2.68. The van der Waals surface area contributed by atoms with Crippen molar-refractivity contribution in [1.29, 1.82) is 0 Å². The van der Waals surface area contributed by atoms with E-state index in [1.54, 1.807) is 4.72 Å². The van der Waals surface area contributed by atoms with E-state index in [9.17, 15) is 22.8 Å². The number of anilines is 1. The SMILES string of the molecule is CC(=O)NS(=O)(=O)c1ccc(NC(=O)/C=C\C(=O)O)cc1. The molecule has 0 aromatic heterocycles. The third kappa shape index (κ3) is 5.45. The number of carboxylic acid groups (broad SMARTS) is 1. The predicted molar refractivity (Wildman–Crippen MR) is 72.9 cm³/mol. The Balaban J connectivity index is 2.81. The summed E-state index contributed by atoms with van der Waals surface area (Å²) in [5.41, 5.74) is 0.275. The molecule has 0 atom stereocenters. The lowest BCUT2D eigenvalue weighted by Crippen LogP contribution is -2.28. The average molecular weight is 312 g/mol. The fourth-order valence-electron chi connectivity index (χ4n) is 1.30. The Bertz CT molecular complexity index is 691. The summed E-state index contributed by atoms with van der Waals surface area (Å²) in [6.45, 7) is 1.07. The third-order valence-electron chi connectivity index (χ3n) is 2.09. The minimum atomic E-state index is -3.93. The molecule has 1 aromatic rings. The fraction of sp³-hybridized carbons (Fsp3) is 0.0833. The number of carboxylic acids is 1. The number of nitrogens with one attached hydrogen (secondary N) is 2. The zero-order valence-electron chi connectivity index (χ0n) is 10.9. The van der Waals surface area contributed by atoms with Gasteiger partial charge >= 0.3 is 5.97 Å². The molecule has 2 amide bonds. The van der Waals surface area contributed by atoms with Gasteiger partial charge in [-0.1, -0.05) is 0 Å². The summed E-state index contributed by atoms with van der Waals surface area (Å²) in [5, 5.41) is 10.7. The maximum Gasteiger partial charge on any atom is 0.328 e. The first kappa shape index (κ1) is 16.4. The predicted octanol–water partition coefficient (Wildman–Crippen LogP) is 0.0907. The van der Waals surface area contributed by atoms with Crippen LogP contribution in [0.25, 0.3) is 0 Å². The fourth-order valence-corrected chi connectivity index (χ4v) is 2.29. The van der Waals surface area contributed by atoms with E-state index >= 15 is 0 Å². The lowest BCUT2D eigenvalue weighted by molar-refractivity contribution is -0.131. The first-order valence-electron chi connectivity index (χ1n) is 5.56. The summed E-state index contributed by atoms with van der Waals surface area (Å²) >= 11 is 0. The van der Waals surface area contributed by atoms with E-state index in [0.29, 0.717) is 6.08 Å². The number of aliphatic carboxylic acids is 1. The summed E-state index contributed by atoms with van der Waals surface area (Å²) in [7, 11) is -3.93. The molecule has 1 aromatic carbocycles. The molecule has 3 N–H and O–H groups in total. The highest BCUT2D eigenvalue weighted by atomic mass is 32.2. The normalized spacial score (nSPS) is 11.1. The molecule has 0 saturated heterocycles. The van der Waals surface area contributed by atoms with E-state index in [0.717, 1.165) is 13.0 Å². The summed E-state index contributed by atoms with van der Waals surface area (Å²) in [6, 6.07) is 5.01. The Morgan fingerprint density at radius 2 is 1.67 bits per heavy atom. The van der Waals surface area contributed by atoms with Crippen LogP contribution in [0.3, 0.4) is 0 Å². The van der Waals surface area contributed by atoms with Crippen LogP contribution in [0.15, 0.2) is 41.3 Å². The molecule has 0 unspecified atom stereocenters. The van der Waals surface area contributed by atoms with Gasteiger partial charge in [-0.2, -0.15) is 0 Å². The van der Waals surface area contributed by atoms with Gasteiger partial charge in [-0.3, -0.25) is 9.59 Å². The lowest BCUT2D eigenvalue weighted by atomic mass is 10.3. The van der Waals surface area contributed by atoms with E-state index in [2.05, 4.69) is 5.32 Å². The maximum atomic E-state index is 11.7. The smallest absolute Gasteiger partial charge is 0.328 e. The molecule has 21 heavy (non-hydrogen) atoms. The number of carbonyl (C=O) groups excluding carboxylic acids is 2. The molecule has 9 heteroatoms. The molecule has 0 radical (unpaired) electrons. The molecule has 1 rings (SSSR count). The van der Waals surface area contributed by atoms with E-state index in [-0.39, 0.29) is 10.6 Å². The summed E-state index contributed by atoms with van der Waals surface area (Å²) in [5.74, 6) is -2.65. The van der Waals surface area contributed by atoms with Gasteiger partial charge in [-0.05, 0) is 24.3 Å². The van der Waals surface area contributed by atoms with Crippen LogP contribution in [0.1, 0.15) is 6.92 Å². The van der Waals surface area contributed by atoms with Crippen LogP contribution in [0.2, 0.25) is 0 Å². The Labute approximate surface area is 120 Å². The second kappa shape index (κ2) is 6.66. The number of benzene rings is 1. The second-order valence-electron chi connectivity index (χ2n) is 3.85. The highest BCUT2D eigenvalue weighted by molar-refractivity contribution is 7.90. The van der Waals surface area contributed by atoms with Crippen molar-refractivity contribution in [2.75, 3.05) is 5.32 Å². The largest absolute Gasteiger partial charge is 0.478 e. The van der Waals surface area contributed by atoms with Crippen LogP contribution in [0.4, 0.5) is 5.69 Å². The van der Waals surface area contributed by atoms with Gasteiger partial charge in [0.15, 0.2) is 0 Å². The number of amides is 2. The van der Waals surface area contributed by atoms with Crippen molar-refractivity contribution in [2.24, 2.45) is 0 Å². The van der Waals surface area contributed by atoms with Gasteiger partial charge in [0.25, 0.3) is 10.0 Å². The van der Waals surface area contributed by atoms with Crippen LogP contribution in [0.5, 0.6) is 0 Å². The van der Waals surface area contributed by atoms with Gasteiger partial charge < -0.3 is 10.4 Å². The summed E-state index contributed by atoms with van der Waals surface area (Å²) in [4.78, 5) is 32.2. The topological polar surface area (TPSA) is 130 Å². The quantitative estimate of drug-likeness (QED) is 0.661. The Morgan fingerprint density at radius 1 is 1.10 bits per heavy atom. The lowest BCUT2D eigenvalue weighted by Gasteiger charge is -2.06. The number of hydrogen-bond donors (Lipinski definition) is 3. The van der Waals surface area contributed by atoms with Gasteiger partial charge in [-0.25, -0.2) is 17.9 Å². The first-order valence-corrected chi connectivity index (χ1v) is 7.04. The van der Waals surface area contributed by atoms with E-state index in [1.165, 1.54) is 24.3 Å². The third-order valence-corrected chi connectivity index (χ3v) is 3.54. The van der Waals surface area contributed by atoms with Crippen molar-refractivity contribution in [1.82, 2.24) is 4.72 Å². The molecular weight excluding hydrogens is 300 g/mol. The van der Waals surface area contributed by atoms with Crippen molar-refractivity contribution in [2.45, 2.75) is 11.8 Å². The van der Waals surface area contributed by atoms with Crippen LogP contribution < -0.4 is 10.0 Å². The summed E-state index contributed by atoms with van der Waals surface area (Å²) in [6.07, 6.45) is 1.50. The molecule has 0 aliphatic rings. The van der Waals surface area contributed by atoms with Crippen molar-refractivity contribution >= 4 is 33.5 Å². The standard InChI is InChI=1S/C12H12N2O6S/c1-8(15)14-21(19,20)10-4-2-9(3-5-10)13-11(16)6-7-12(17)18/h2-7H,1H3,(H,13,16)(H,14,15)(H,17,18)/b7-6-. The summed E-state index contributed by atoms with van der Waals surface area (Å²) < 4.78 is 25.1. The molecule has 8 nitrogen and oxygen atoms in total. The Morgan fingerprint density at radius 3 is 2.14 bits per heavy atom. The first-order chi connectivity index (χ1) is 9.70. The number of rotatable bonds is 5. The molecule has 0 spiro atoms. The average Bonchev–Trinajstić information content (AvgIpc) is 2.35. The van der Waals surface area contributed by atoms with Gasteiger partial charge in [0, 0.05) is 24.8 Å². The second-order valence-corrected chi connectivity index (χ2v) is 5.53. The molecule has 112 valence electrons. The maximum absolute atomic E-state index is 11.7. The molecule has 0 aliphatic carbocycles. The van der Waals surface area contributed by atoms with Crippen molar-refractivity contribution in [3.8, 4) is 0 Å². The van der Waals surface area contributed by atoms with Crippen molar-refractivity contribution in [3.05, 3.63) is 36.4 Å². The minimum absolute atomic E-state index is 0.142. The van der Waals surface area contributed by atoms with Gasteiger partial charge in [0.2, 0.25) is 11.8 Å². The molecule has 0 bridgehead atoms. The zero-order chi connectivity index (χ0) is 16.0. The molecule has 0 heterocycles. The number of carbonyl (C=O) groups is 3. The number of hydrogen-bond acceptors (Lipinski definition) is 5. The highest BCUT2D eigenvalue weighted by Crippen LogP contribution is 2.13. The van der Waals surface area contributed by atoms with Crippen LogP contribution in [-0.2, 0) is 24.4 Å². The van der Waals surface area contributed by atoms with Crippen molar-refractivity contribution in [3.63, 3.8) is 0 Å². The zero-order valence-corrected chi connectivity index (χ0v) is 11.7. The molecular formula is C12H12N2O6S. The molecule has 0 fully saturated rings. The minimum Gasteiger partial charge on any atom is -0.478 e. The Kier molecular flexibility index (Phi) is 5.19. The van der Waals surface area contributed by atoms with Gasteiger partial charge in [-0.15, -0.1) is 0 Å². The highest BCUT2D eigenvalue weighted by Gasteiger charge is 2.15. The van der Waals surface area contributed by atoms with E-state index < -0.39 is 27.8 Å². The molecule has 0 aliphatic heterocycles. The van der Waals surface area contributed by atoms with E-state index in [4.69, 9.17) is 5.11 Å². The number of sulfonamides is 1. The van der Waals surface area contributed by atoms with Gasteiger partial charge in [0.05, 0.1) is 4.90 Å².